The van der Waals surface area contributed by atoms with Gasteiger partial charge in [0.2, 0.25) is 0 Å². The zero-order valence-corrected chi connectivity index (χ0v) is 31.7. The summed E-state index contributed by atoms with van der Waals surface area (Å²) in [6, 6.07) is 17.0. The van der Waals surface area contributed by atoms with Gasteiger partial charge < -0.3 is 13.7 Å². The van der Waals surface area contributed by atoms with Gasteiger partial charge in [-0.15, -0.1) is 11.3 Å². The van der Waals surface area contributed by atoms with Crippen LogP contribution in [0, 0.1) is 6.92 Å². The number of likely N-dealkylation sites (tertiary alicyclic amines) is 1. The van der Waals surface area contributed by atoms with Crippen LogP contribution in [0.25, 0.3) is 11.0 Å². The molecule has 7 nitrogen and oxygen atoms in total. The molecule has 1 aliphatic heterocycles. The summed E-state index contributed by atoms with van der Waals surface area (Å²) in [4.78, 5) is 27.6. The van der Waals surface area contributed by atoms with Gasteiger partial charge in [-0.3, -0.25) is 4.90 Å². The molecule has 0 spiro atoms. The number of hydrogen-bond donors (Lipinski definition) is 0. The number of ether oxygens (including phenoxy) is 1. The SMILES string of the molecule is Cc1nc2c(s1)CC[C@H]2c1nc2cc(CC3CC[C@H]([C@H](O[Si](C)(C)C(C)(C)C)c4ccccc4)N3C(=O)OC(C)(C)C)ccc2n1C. The van der Waals surface area contributed by atoms with Crippen LogP contribution in [0.3, 0.4) is 0 Å². The molecule has 6 rings (SSSR count). The number of amides is 1. The minimum absolute atomic E-state index is 0.0138. The van der Waals surface area contributed by atoms with E-state index in [-0.39, 0.29) is 35.2 Å². The molecule has 2 aromatic carbocycles. The van der Waals surface area contributed by atoms with Gasteiger partial charge >= 0.3 is 6.09 Å². The summed E-state index contributed by atoms with van der Waals surface area (Å²) in [5, 5.41) is 1.17. The Balaban J connectivity index is 1.32. The summed E-state index contributed by atoms with van der Waals surface area (Å²) < 4.78 is 15.5. The van der Waals surface area contributed by atoms with Crippen LogP contribution < -0.4 is 0 Å². The molecule has 1 amide bonds. The second kappa shape index (κ2) is 12.5. The second-order valence-electron chi connectivity index (χ2n) is 16.1. The van der Waals surface area contributed by atoms with E-state index in [9.17, 15) is 4.79 Å². The van der Waals surface area contributed by atoms with Crippen molar-refractivity contribution in [2.75, 3.05) is 0 Å². The lowest BCUT2D eigenvalue weighted by Gasteiger charge is -2.43. The predicted molar refractivity (Wildman–Crippen MR) is 194 cm³/mol. The largest absolute Gasteiger partial charge is 0.444 e. The number of hydrogen-bond acceptors (Lipinski definition) is 6. The van der Waals surface area contributed by atoms with Gasteiger partial charge in [0.25, 0.3) is 0 Å². The quantitative estimate of drug-likeness (QED) is 0.183. The highest BCUT2D eigenvalue weighted by molar-refractivity contribution is 7.11. The molecule has 4 aromatic rings. The summed E-state index contributed by atoms with van der Waals surface area (Å²) in [5.74, 6) is 1.33. The molecule has 1 fully saturated rings. The third-order valence-electron chi connectivity index (χ3n) is 10.4. The maximum Gasteiger partial charge on any atom is 0.410 e. The monoisotopic (exact) mass is 672 g/mol. The Hall–Kier alpha value is -3.01. The molecule has 2 aliphatic rings. The third-order valence-corrected chi connectivity index (χ3v) is 15.9. The molecular formula is C38H52N4O3SSi. The van der Waals surface area contributed by atoms with Crippen molar-refractivity contribution in [1.82, 2.24) is 19.4 Å². The molecular weight excluding hydrogens is 621 g/mol. The van der Waals surface area contributed by atoms with Crippen LogP contribution in [0.1, 0.15) is 105 Å². The van der Waals surface area contributed by atoms with Crippen molar-refractivity contribution < 1.29 is 14.0 Å². The highest BCUT2D eigenvalue weighted by Crippen LogP contribution is 2.45. The van der Waals surface area contributed by atoms with Crippen LogP contribution in [0.2, 0.25) is 18.1 Å². The number of rotatable bonds is 7. The molecule has 0 bridgehead atoms. The Morgan fingerprint density at radius 3 is 2.43 bits per heavy atom. The van der Waals surface area contributed by atoms with Gasteiger partial charge in [-0.2, -0.15) is 0 Å². The zero-order valence-electron chi connectivity index (χ0n) is 29.9. The van der Waals surface area contributed by atoms with Gasteiger partial charge in [0.05, 0.1) is 39.8 Å². The van der Waals surface area contributed by atoms with Gasteiger partial charge in [-0.05, 0) is 101 Å². The van der Waals surface area contributed by atoms with E-state index in [1.165, 1.54) is 16.1 Å². The Labute approximate surface area is 285 Å². The van der Waals surface area contributed by atoms with Gasteiger partial charge in [0, 0.05) is 18.0 Å². The average Bonchev–Trinajstić information content (AvgIpc) is 3.73. The fourth-order valence-corrected chi connectivity index (χ4v) is 9.38. The minimum atomic E-state index is -2.18. The molecule has 4 atom stereocenters. The summed E-state index contributed by atoms with van der Waals surface area (Å²) in [6.45, 7) is 19.3. The molecule has 47 heavy (non-hydrogen) atoms. The van der Waals surface area contributed by atoms with Crippen LogP contribution in [0.4, 0.5) is 4.79 Å². The van der Waals surface area contributed by atoms with E-state index in [1.54, 1.807) is 0 Å². The number of aromatic nitrogens is 3. The van der Waals surface area contributed by atoms with Gasteiger partial charge in [-0.1, -0.05) is 57.2 Å². The Kier molecular flexibility index (Phi) is 8.98. The average molecular weight is 673 g/mol. The first-order valence-electron chi connectivity index (χ1n) is 17.2. The number of imidazole rings is 1. The highest BCUT2D eigenvalue weighted by Gasteiger charge is 2.47. The molecule has 0 N–H and O–H groups in total. The summed E-state index contributed by atoms with van der Waals surface area (Å²) >= 11 is 1.82. The molecule has 1 aliphatic carbocycles. The van der Waals surface area contributed by atoms with Crippen LogP contribution in [-0.2, 0) is 29.1 Å². The van der Waals surface area contributed by atoms with E-state index in [2.05, 4.69) is 94.9 Å². The van der Waals surface area contributed by atoms with Crippen molar-refractivity contribution >= 4 is 36.8 Å². The number of fused-ring (bicyclic) bond motifs is 2. The molecule has 252 valence electrons. The standard InChI is InChI=1S/C38H52N4O3SSi/c1-24-39-33-28(18-21-32(33)46-24)35-40-29-23-25(16-19-30(29)41(35)8)22-27-17-20-31(42(27)36(43)44-37(2,3)4)34(26-14-12-11-13-15-26)45-47(9,10)38(5,6)7/h11-16,19,23,27-28,31,34H,17-18,20-22H2,1-10H3/t27?,28-,31-,34-/m1/s1. The second-order valence-corrected chi connectivity index (χ2v) is 22.1. The molecule has 1 saturated heterocycles. The van der Waals surface area contributed by atoms with E-state index in [1.807, 2.05) is 43.1 Å². The molecule has 0 saturated carbocycles. The van der Waals surface area contributed by atoms with Gasteiger partial charge in [-0.25, -0.2) is 14.8 Å². The highest BCUT2D eigenvalue weighted by atomic mass is 32.1. The van der Waals surface area contributed by atoms with Crippen molar-refractivity contribution in [3.05, 3.63) is 81.1 Å². The predicted octanol–water partition coefficient (Wildman–Crippen LogP) is 9.49. The first-order valence-corrected chi connectivity index (χ1v) is 20.9. The Morgan fingerprint density at radius 2 is 1.74 bits per heavy atom. The number of benzene rings is 2. The topological polar surface area (TPSA) is 69.5 Å². The molecule has 2 aromatic heterocycles. The van der Waals surface area contributed by atoms with E-state index in [0.29, 0.717) is 0 Å². The van der Waals surface area contributed by atoms with Gasteiger partial charge in [0.1, 0.15) is 11.4 Å². The molecule has 1 unspecified atom stereocenters. The summed E-state index contributed by atoms with van der Waals surface area (Å²) in [6.07, 6.45) is 4.11. The number of carbonyl (C=O) groups excluding carboxylic acids is 1. The lowest BCUT2D eigenvalue weighted by Crippen LogP contribution is -2.50. The third kappa shape index (κ3) is 6.81. The van der Waals surface area contributed by atoms with Crippen molar-refractivity contribution in [3.63, 3.8) is 0 Å². The zero-order chi connectivity index (χ0) is 33.9. The van der Waals surface area contributed by atoms with Crippen LogP contribution in [-0.4, -0.2) is 51.5 Å². The van der Waals surface area contributed by atoms with Crippen LogP contribution in [0.5, 0.6) is 0 Å². The lowest BCUT2D eigenvalue weighted by molar-refractivity contribution is -0.00238. The maximum absolute atomic E-state index is 14.1. The van der Waals surface area contributed by atoms with Crippen LogP contribution >= 0.6 is 11.3 Å². The van der Waals surface area contributed by atoms with Crippen molar-refractivity contribution in [2.45, 2.75) is 128 Å². The van der Waals surface area contributed by atoms with Crippen LogP contribution in [0.15, 0.2) is 48.5 Å². The normalized spacial score (nSPS) is 21.0. The lowest BCUT2D eigenvalue weighted by atomic mass is 10.0. The summed E-state index contributed by atoms with van der Waals surface area (Å²) in [7, 11) is -0.0602. The first kappa shape index (κ1) is 33.9. The van der Waals surface area contributed by atoms with E-state index < -0.39 is 13.9 Å². The molecule has 3 heterocycles. The minimum Gasteiger partial charge on any atom is -0.444 e. The van der Waals surface area contributed by atoms with E-state index >= 15 is 0 Å². The number of aryl methyl sites for hydroxylation is 3. The fourth-order valence-electron chi connectivity index (χ4n) is 7.09. The van der Waals surface area contributed by atoms with E-state index in [0.717, 1.165) is 59.5 Å². The number of nitrogens with zero attached hydrogens (tertiary/aromatic N) is 4. The maximum atomic E-state index is 14.1. The van der Waals surface area contributed by atoms with Crippen molar-refractivity contribution in [3.8, 4) is 0 Å². The molecule has 0 radical (unpaired) electrons. The Morgan fingerprint density at radius 1 is 1.02 bits per heavy atom. The molecule has 9 heteroatoms. The van der Waals surface area contributed by atoms with Gasteiger partial charge in [0.15, 0.2) is 8.32 Å². The summed E-state index contributed by atoms with van der Waals surface area (Å²) in [5.41, 5.74) is 5.04. The number of carbonyl (C=O) groups is 1. The fraction of sp³-hybridized carbons (Fsp3) is 0.553. The smallest absolute Gasteiger partial charge is 0.410 e. The van der Waals surface area contributed by atoms with Crippen molar-refractivity contribution in [2.24, 2.45) is 7.05 Å². The van der Waals surface area contributed by atoms with E-state index in [4.69, 9.17) is 19.1 Å². The first-order chi connectivity index (χ1) is 22.0. The van der Waals surface area contributed by atoms with Crippen molar-refractivity contribution in [1.29, 1.82) is 0 Å². The Bertz CT molecular complexity index is 1750. The number of thiazole rings is 1.